The smallest absolute Gasteiger partial charge is 0.248 e. The zero-order chi connectivity index (χ0) is 20.6. The van der Waals surface area contributed by atoms with E-state index in [4.69, 9.17) is 23.2 Å². The van der Waals surface area contributed by atoms with Crippen molar-refractivity contribution in [2.75, 3.05) is 16.4 Å². The van der Waals surface area contributed by atoms with Crippen LogP contribution in [0.1, 0.15) is 12.0 Å². The van der Waals surface area contributed by atoms with Gasteiger partial charge in [-0.2, -0.15) is 4.99 Å². The average Bonchev–Trinajstić information content (AvgIpc) is 3.14. The lowest BCUT2D eigenvalue weighted by Crippen LogP contribution is -2.38. The topological polar surface area (TPSA) is 66.8 Å². The van der Waals surface area contributed by atoms with Gasteiger partial charge >= 0.3 is 0 Å². The number of amides is 1. The van der Waals surface area contributed by atoms with Crippen LogP contribution in [0.25, 0.3) is 0 Å². The summed E-state index contributed by atoms with van der Waals surface area (Å²) in [6.45, 7) is 0. The van der Waals surface area contributed by atoms with Crippen molar-refractivity contribution in [2.24, 2.45) is 4.99 Å². The number of anilines is 1. The SMILES string of the molecule is O=C(CCc1ccccc1)N=C1S[C@@H]2CS(=O)(=O)C[C@@H]2N1c1cccc(Cl)c1Cl. The summed E-state index contributed by atoms with van der Waals surface area (Å²) in [7, 11) is -3.15. The van der Waals surface area contributed by atoms with Crippen LogP contribution in [-0.4, -0.2) is 42.3 Å². The Morgan fingerprint density at radius 3 is 2.62 bits per heavy atom. The fraction of sp³-hybridized carbons (Fsp3) is 0.300. The third-order valence-electron chi connectivity index (χ3n) is 4.95. The summed E-state index contributed by atoms with van der Waals surface area (Å²) >= 11 is 13.9. The lowest BCUT2D eigenvalue weighted by molar-refractivity contribution is -0.117. The first-order chi connectivity index (χ1) is 13.8. The number of benzene rings is 2. The molecule has 2 saturated heterocycles. The van der Waals surface area contributed by atoms with Crippen LogP contribution in [-0.2, 0) is 21.1 Å². The number of carbonyl (C=O) groups is 1. The Hall–Kier alpha value is -1.54. The van der Waals surface area contributed by atoms with Gasteiger partial charge in [0.05, 0.1) is 33.3 Å². The summed E-state index contributed by atoms with van der Waals surface area (Å²) < 4.78 is 24.3. The van der Waals surface area contributed by atoms with E-state index in [2.05, 4.69) is 4.99 Å². The standard InChI is InChI=1S/C20H18Cl2N2O3S2/c21-14-7-4-8-15(19(14)22)24-16-11-29(26,27)12-17(16)28-20(24)23-18(25)10-9-13-5-2-1-3-6-13/h1-8,16-17H,9-12H2/t16-,17+/m0/s1. The number of aryl methyl sites for hydroxylation is 1. The Kier molecular flexibility index (Phi) is 5.93. The molecule has 29 heavy (non-hydrogen) atoms. The molecule has 0 saturated carbocycles. The predicted octanol–water partition coefficient (Wildman–Crippen LogP) is 4.23. The number of rotatable bonds is 4. The first-order valence-electron chi connectivity index (χ1n) is 9.10. The molecule has 2 aliphatic heterocycles. The summed E-state index contributed by atoms with van der Waals surface area (Å²) in [6.07, 6.45) is 0.874. The molecule has 0 radical (unpaired) electrons. The number of carbonyl (C=O) groups excluding carboxylic acids is 1. The summed E-state index contributed by atoms with van der Waals surface area (Å²) in [5.74, 6) is -0.179. The molecule has 2 aromatic carbocycles. The molecule has 4 rings (SSSR count). The molecule has 9 heteroatoms. The van der Waals surface area contributed by atoms with E-state index in [9.17, 15) is 13.2 Å². The second-order valence-electron chi connectivity index (χ2n) is 7.02. The van der Waals surface area contributed by atoms with Gasteiger partial charge in [-0.05, 0) is 24.1 Å². The van der Waals surface area contributed by atoms with Crippen molar-refractivity contribution in [3.8, 4) is 0 Å². The molecular weight excluding hydrogens is 451 g/mol. The Balaban J connectivity index is 1.62. The maximum Gasteiger partial charge on any atom is 0.248 e. The van der Waals surface area contributed by atoms with Crippen molar-refractivity contribution in [2.45, 2.75) is 24.1 Å². The number of sulfone groups is 1. The number of amidine groups is 1. The zero-order valence-electron chi connectivity index (χ0n) is 15.3. The minimum absolute atomic E-state index is 0.00470. The van der Waals surface area contributed by atoms with Crippen LogP contribution in [0.15, 0.2) is 53.5 Å². The van der Waals surface area contributed by atoms with E-state index in [1.807, 2.05) is 30.3 Å². The molecule has 2 fully saturated rings. The van der Waals surface area contributed by atoms with Crippen LogP contribution in [0, 0.1) is 0 Å². The van der Waals surface area contributed by atoms with Gasteiger partial charge in [0.25, 0.3) is 0 Å². The van der Waals surface area contributed by atoms with Gasteiger partial charge in [-0.25, -0.2) is 8.42 Å². The van der Waals surface area contributed by atoms with Crippen LogP contribution in [0.4, 0.5) is 5.69 Å². The number of halogens is 2. The normalized spacial score (nSPS) is 24.1. The number of hydrogen-bond acceptors (Lipinski definition) is 4. The van der Waals surface area contributed by atoms with Gasteiger partial charge < -0.3 is 4.90 Å². The molecule has 0 bridgehead atoms. The summed E-state index contributed by atoms with van der Waals surface area (Å²) in [5, 5.41) is 0.991. The van der Waals surface area contributed by atoms with Crippen molar-refractivity contribution >= 4 is 61.6 Å². The predicted molar refractivity (Wildman–Crippen MR) is 120 cm³/mol. The molecule has 152 valence electrons. The number of nitrogens with zero attached hydrogens (tertiary/aromatic N) is 2. The Bertz CT molecular complexity index is 1070. The summed E-state index contributed by atoms with van der Waals surface area (Å²) in [6, 6.07) is 14.6. The van der Waals surface area contributed by atoms with Gasteiger partial charge in [0.2, 0.25) is 5.91 Å². The van der Waals surface area contributed by atoms with Crippen LogP contribution in [0.5, 0.6) is 0 Å². The van der Waals surface area contributed by atoms with Crippen molar-refractivity contribution in [1.29, 1.82) is 0 Å². The van der Waals surface area contributed by atoms with E-state index < -0.39 is 9.84 Å². The van der Waals surface area contributed by atoms with E-state index in [-0.39, 0.29) is 35.1 Å². The fourth-order valence-corrected chi connectivity index (χ4v) is 7.89. The number of aliphatic imine (C=N–C) groups is 1. The molecular formula is C20H18Cl2N2O3S2. The average molecular weight is 469 g/mol. The fourth-order valence-electron chi connectivity index (χ4n) is 3.58. The molecule has 0 aliphatic carbocycles. The van der Waals surface area contributed by atoms with E-state index in [0.717, 1.165) is 5.56 Å². The molecule has 2 aliphatic rings. The molecule has 1 amide bonds. The van der Waals surface area contributed by atoms with E-state index in [0.29, 0.717) is 27.3 Å². The molecule has 0 aromatic heterocycles. The Morgan fingerprint density at radius 1 is 1.10 bits per heavy atom. The second kappa shape index (κ2) is 8.30. The third kappa shape index (κ3) is 4.48. The van der Waals surface area contributed by atoms with E-state index in [1.165, 1.54) is 11.8 Å². The van der Waals surface area contributed by atoms with Crippen LogP contribution >= 0.6 is 35.0 Å². The van der Waals surface area contributed by atoms with Crippen LogP contribution in [0.2, 0.25) is 10.0 Å². The number of thioether (sulfide) groups is 1. The first kappa shape index (κ1) is 20.7. The summed E-state index contributed by atoms with van der Waals surface area (Å²) in [4.78, 5) is 18.6. The molecule has 2 atom stereocenters. The highest BCUT2D eigenvalue weighted by molar-refractivity contribution is 8.16. The second-order valence-corrected chi connectivity index (χ2v) is 11.2. The minimum Gasteiger partial charge on any atom is -0.314 e. The van der Waals surface area contributed by atoms with Crippen molar-refractivity contribution < 1.29 is 13.2 Å². The quantitative estimate of drug-likeness (QED) is 0.671. The van der Waals surface area contributed by atoms with Crippen molar-refractivity contribution in [3.05, 3.63) is 64.1 Å². The van der Waals surface area contributed by atoms with Crippen molar-refractivity contribution in [1.82, 2.24) is 0 Å². The van der Waals surface area contributed by atoms with Gasteiger partial charge in [-0.1, -0.05) is 71.4 Å². The Labute approximate surface area is 184 Å². The van der Waals surface area contributed by atoms with Gasteiger partial charge in [0.1, 0.15) is 0 Å². The molecule has 0 N–H and O–H groups in total. The van der Waals surface area contributed by atoms with Gasteiger partial charge in [0.15, 0.2) is 15.0 Å². The highest BCUT2D eigenvalue weighted by atomic mass is 35.5. The molecule has 2 heterocycles. The monoisotopic (exact) mass is 468 g/mol. The highest BCUT2D eigenvalue weighted by Gasteiger charge is 2.49. The lowest BCUT2D eigenvalue weighted by atomic mass is 10.1. The zero-order valence-corrected chi connectivity index (χ0v) is 18.4. The molecule has 0 unspecified atom stereocenters. The molecule has 0 spiro atoms. The van der Waals surface area contributed by atoms with E-state index >= 15 is 0 Å². The Morgan fingerprint density at radius 2 is 1.86 bits per heavy atom. The highest BCUT2D eigenvalue weighted by Crippen LogP contribution is 2.44. The minimum atomic E-state index is -3.15. The van der Waals surface area contributed by atoms with Gasteiger partial charge in [-0.15, -0.1) is 0 Å². The number of hydrogen-bond donors (Lipinski definition) is 0. The van der Waals surface area contributed by atoms with E-state index in [1.54, 1.807) is 23.1 Å². The largest absolute Gasteiger partial charge is 0.314 e. The summed E-state index contributed by atoms with van der Waals surface area (Å²) in [5.41, 5.74) is 1.64. The first-order valence-corrected chi connectivity index (χ1v) is 12.6. The van der Waals surface area contributed by atoms with Gasteiger partial charge in [-0.3, -0.25) is 4.79 Å². The maximum absolute atomic E-state index is 12.5. The molecule has 2 aromatic rings. The molecule has 5 nitrogen and oxygen atoms in total. The number of fused-ring (bicyclic) bond motifs is 1. The maximum atomic E-state index is 12.5. The lowest BCUT2D eigenvalue weighted by Gasteiger charge is -2.25. The van der Waals surface area contributed by atoms with Gasteiger partial charge in [0, 0.05) is 11.7 Å². The van der Waals surface area contributed by atoms with Crippen molar-refractivity contribution in [3.63, 3.8) is 0 Å². The van der Waals surface area contributed by atoms with Crippen LogP contribution in [0.3, 0.4) is 0 Å². The third-order valence-corrected chi connectivity index (χ3v) is 8.97. The van der Waals surface area contributed by atoms with Crippen LogP contribution < -0.4 is 4.90 Å².